The van der Waals surface area contributed by atoms with Gasteiger partial charge >= 0.3 is 77.2 Å². The van der Waals surface area contributed by atoms with Crippen molar-refractivity contribution in [1.82, 2.24) is 0 Å². The predicted octanol–water partition coefficient (Wildman–Crippen LogP) is 4.12. The number of aliphatic hydroxyl groups is 2. The second kappa shape index (κ2) is 47.1. The molecule has 0 bridgehead atoms. The zero-order valence-electron chi connectivity index (χ0n) is 39.7. The third-order valence-electron chi connectivity index (χ3n) is 8.01. The van der Waals surface area contributed by atoms with Crippen LogP contribution < -0.4 is 20.4 Å². The Morgan fingerprint density at radius 3 is 0.662 bits per heavy atom. The van der Waals surface area contributed by atoms with Crippen molar-refractivity contribution in [2.24, 2.45) is 30.0 Å². The number of rotatable bonds is 15. The van der Waals surface area contributed by atoms with E-state index in [0.717, 1.165) is 14.2 Å². The van der Waals surface area contributed by atoms with Crippen molar-refractivity contribution in [1.29, 1.82) is 0 Å². The number of phenols is 2. The average Bonchev–Trinajstić information content (AvgIpc) is 3.37. The van der Waals surface area contributed by atoms with E-state index in [9.17, 15) is 30.6 Å². The van der Waals surface area contributed by atoms with Crippen LogP contribution in [-0.2, 0) is 0 Å². The minimum absolute atomic E-state index is 0. The zero-order valence-corrected chi connectivity index (χ0v) is 44.0. The molecule has 22 nitrogen and oxygen atoms in total. The smallest absolute Gasteiger partial charge is 0.872 e. The zero-order chi connectivity index (χ0) is 53.8. The number of aliphatic imine (C=N–C) groups is 6. The Morgan fingerprint density at radius 1 is 0.338 bits per heavy atom. The molecule has 0 aliphatic heterocycles. The summed E-state index contributed by atoms with van der Waals surface area (Å²) >= 11 is 0. The number of hydrogen-bond acceptors (Lipinski definition) is 20. The Kier molecular flexibility index (Phi) is 45.3. The van der Waals surface area contributed by atoms with Crippen LogP contribution in [0.3, 0.4) is 0 Å². The van der Waals surface area contributed by atoms with Gasteiger partial charge in [0.15, 0.2) is 0 Å². The van der Waals surface area contributed by atoms with Crippen LogP contribution in [0.5, 0.6) is 34.5 Å². The first-order valence-corrected chi connectivity index (χ1v) is 20.9. The van der Waals surface area contributed by atoms with E-state index in [0.29, 0.717) is 72.6 Å². The maximum atomic E-state index is 11.4. The molecule has 4 N–H and O–H groups in total. The Labute approximate surface area is 488 Å². The SMILES string of the molecule is CO.CO.O=[N+]([O-])[O-].O=[N+]([O-])[O-].Oc1ccccc1C=NCCN=Cc1ccccc1O.[O-]c1ccccc1C=NCCN=Cc1ccccc1[O-].[O-]c1ccccc1C=NCCN=Cc1ccccc1[O-].[Tb+3].[Tb+3]. The quantitative estimate of drug-likeness (QED) is 0.0487. The number of phenolic OH excluding ortho intramolecular Hbond substituents is 2. The van der Waals surface area contributed by atoms with Crippen LogP contribution in [0, 0.1) is 108 Å². The molecule has 0 atom stereocenters. The first kappa shape index (κ1) is 71.3. The molecular formula is C50H52N8O14Tb2. The minimum atomic E-state index is -1.75. The van der Waals surface area contributed by atoms with Gasteiger partial charge in [0.25, 0.3) is 0 Å². The second-order valence-electron chi connectivity index (χ2n) is 12.9. The van der Waals surface area contributed by atoms with Crippen molar-refractivity contribution < 1.29 is 128 Å². The molecule has 0 aliphatic carbocycles. The van der Waals surface area contributed by atoms with E-state index < -0.39 is 10.2 Å². The fourth-order valence-electron chi connectivity index (χ4n) is 4.87. The first-order chi connectivity index (χ1) is 34.8. The van der Waals surface area contributed by atoms with Gasteiger partial charge in [0.1, 0.15) is 11.5 Å². The molecule has 0 aromatic heterocycles. The maximum Gasteiger partial charge on any atom is 3.00 e. The molecule has 0 fully saturated rings. The van der Waals surface area contributed by atoms with Gasteiger partial charge in [0, 0.05) is 62.6 Å². The monoisotopic (exact) mass is 1310 g/mol. The third-order valence-corrected chi connectivity index (χ3v) is 8.01. The van der Waals surface area contributed by atoms with Gasteiger partial charge in [-0.05, 0) is 46.5 Å². The molecule has 74 heavy (non-hydrogen) atoms. The number of hydrogen-bond donors (Lipinski definition) is 4. The van der Waals surface area contributed by atoms with E-state index in [1.165, 1.54) is 24.3 Å². The van der Waals surface area contributed by atoms with Crippen LogP contribution in [0.15, 0.2) is 176 Å². The number of para-hydroxylation sites is 6. The normalized spacial score (nSPS) is 10.1. The van der Waals surface area contributed by atoms with Gasteiger partial charge in [0.05, 0.1) is 49.4 Å². The molecule has 6 aromatic carbocycles. The van der Waals surface area contributed by atoms with Crippen LogP contribution in [0.25, 0.3) is 0 Å². The Morgan fingerprint density at radius 2 is 0.486 bits per heavy atom. The largest absolute Gasteiger partial charge is 3.00 e. The summed E-state index contributed by atoms with van der Waals surface area (Å²) in [6, 6.07) is 41.0. The molecule has 394 valence electrons. The molecule has 6 rings (SSSR count). The average molecular weight is 1310 g/mol. The molecule has 0 saturated carbocycles. The molecule has 0 aliphatic rings. The van der Waals surface area contributed by atoms with E-state index in [4.69, 9.17) is 40.9 Å². The van der Waals surface area contributed by atoms with E-state index in [-0.39, 0.29) is 112 Å². The van der Waals surface area contributed by atoms with Gasteiger partial charge < -0.3 is 71.5 Å². The van der Waals surface area contributed by atoms with E-state index in [1.807, 2.05) is 12.1 Å². The van der Waals surface area contributed by atoms with Crippen molar-refractivity contribution in [2.75, 3.05) is 53.5 Å². The molecular weight excluding hydrogens is 1250 g/mol. The molecule has 0 amide bonds. The number of nitrogens with zero attached hydrogens (tertiary/aromatic N) is 8. The standard InChI is InChI=1S/3C16H16N2O2.2CH4O.2NO3.2Tb/c3*19-15-7-3-1-5-13(15)11-17-9-10-18-12-14-6-2-4-8-16(14)20;2*1-2;2*2-1(3)4;;/h3*1-8,11-12,19-20H,9-10H2;2*2H,1H3;;;;/q;;;;;2*-1;2*+3/p-4. The van der Waals surface area contributed by atoms with Gasteiger partial charge in [-0.25, -0.2) is 0 Å². The van der Waals surface area contributed by atoms with Gasteiger partial charge in [-0.1, -0.05) is 121 Å². The summed E-state index contributed by atoms with van der Waals surface area (Å²) in [6.45, 7) is 2.96. The van der Waals surface area contributed by atoms with Crippen molar-refractivity contribution in [3.8, 4) is 34.5 Å². The Balaban J connectivity index is -0.000000909. The molecule has 0 spiro atoms. The van der Waals surface area contributed by atoms with E-state index in [1.54, 1.807) is 146 Å². The minimum Gasteiger partial charge on any atom is -0.872 e. The summed E-state index contributed by atoms with van der Waals surface area (Å²) < 4.78 is 0. The van der Waals surface area contributed by atoms with Crippen LogP contribution >= 0.6 is 0 Å². The molecule has 0 unspecified atom stereocenters. The van der Waals surface area contributed by atoms with Crippen molar-refractivity contribution in [3.05, 3.63) is 210 Å². The summed E-state index contributed by atoms with van der Waals surface area (Å²) in [4.78, 5) is 41.4. The maximum absolute atomic E-state index is 11.4. The number of aromatic hydroxyl groups is 2. The van der Waals surface area contributed by atoms with E-state index >= 15 is 0 Å². The molecule has 0 radical (unpaired) electrons. The molecule has 0 heterocycles. The summed E-state index contributed by atoms with van der Waals surface area (Å²) in [7, 11) is 2.00. The second-order valence-corrected chi connectivity index (χ2v) is 12.9. The van der Waals surface area contributed by atoms with Crippen LogP contribution in [-0.4, -0.2) is 121 Å². The van der Waals surface area contributed by atoms with Gasteiger partial charge in [-0.3, -0.25) is 30.0 Å². The molecule has 0 saturated heterocycles. The Bertz CT molecular complexity index is 2190. The summed E-state index contributed by atoms with van der Waals surface area (Å²) in [6.07, 6.45) is 9.48. The van der Waals surface area contributed by atoms with Gasteiger partial charge in [-0.2, -0.15) is 0 Å². The third kappa shape index (κ3) is 36.0. The fourth-order valence-corrected chi connectivity index (χ4v) is 4.87. The van der Waals surface area contributed by atoms with Crippen molar-refractivity contribution >= 4 is 37.3 Å². The van der Waals surface area contributed by atoms with Crippen LogP contribution in [0.2, 0.25) is 0 Å². The first-order valence-electron chi connectivity index (χ1n) is 20.9. The molecule has 6 aromatic rings. The summed E-state index contributed by atoms with van der Waals surface area (Å²) in [5, 5.41) is 108. The molecule has 24 heteroatoms. The Hall–Kier alpha value is -6.97. The number of benzene rings is 6. The van der Waals surface area contributed by atoms with Crippen LogP contribution in [0.4, 0.5) is 0 Å². The summed E-state index contributed by atoms with van der Waals surface area (Å²) in [5.41, 5.74) is 3.67. The van der Waals surface area contributed by atoms with Crippen molar-refractivity contribution in [3.63, 3.8) is 0 Å². The summed E-state index contributed by atoms with van der Waals surface area (Å²) in [5.74, 6) is 0.267. The van der Waals surface area contributed by atoms with E-state index in [2.05, 4.69) is 30.0 Å². The topological polar surface area (TPSA) is 380 Å². The predicted molar refractivity (Wildman–Crippen MR) is 272 cm³/mol. The fraction of sp³-hybridized carbons (Fsp3) is 0.160. The van der Waals surface area contributed by atoms with Gasteiger partial charge in [-0.15, -0.1) is 23.0 Å². The van der Waals surface area contributed by atoms with Crippen molar-refractivity contribution in [2.45, 2.75) is 0 Å². The van der Waals surface area contributed by atoms with Crippen LogP contribution in [0.1, 0.15) is 33.4 Å². The van der Waals surface area contributed by atoms with Gasteiger partial charge in [0.2, 0.25) is 0 Å². The number of aliphatic hydroxyl groups excluding tert-OH is 2.